The summed E-state index contributed by atoms with van der Waals surface area (Å²) in [5.41, 5.74) is 0.857. The zero-order valence-electron chi connectivity index (χ0n) is 13.4. The first-order chi connectivity index (χ1) is 12.3. The van der Waals surface area contributed by atoms with Gasteiger partial charge in [0.1, 0.15) is 17.4 Å². The van der Waals surface area contributed by atoms with Gasteiger partial charge < -0.3 is 15.2 Å². The van der Waals surface area contributed by atoms with E-state index in [1.54, 1.807) is 12.1 Å². The zero-order valence-corrected chi connectivity index (χ0v) is 16.6. The van der Waals surface area contributed by atoms with Crippen molar-refractivity contribution in [3.8, 4) is 11.8 Å². The maximum atomic E-state index is 12.3. The van der Waals surface area contributed by atoms with Crippen LogP contribution in [0.4, 0.5) is 5.69 Å². The van der Waals surface area contributed by atoms with E-state index in [1.165, 1.54) is 37.5 Å². The van der Waals surface area contributed by atoms with E-state index in [9.17, 15) is 20.0 Å². The summed E-state index contributed by atoms with van der Waals surface area (Å²) < 4.78 is 5.70. The highest BCUT2D eigenvalue weighted by molar-refractivity contribution is 9.11. The fourth-order valence-electron chi connectivity index (χ4n) is 2.01. The molecule has 0 aromatic heterocycles. The number of benzene rings is 2. The van der Waals surface area contributed by atoms with Crippen molar-refractivity contribution < 1.29 is 19.4 Å². The number of phenolic OH excluding ortho intramolecular Hbond substituents is 1. The van der Waals surface area contributed by atoms with Crippen LogP contribution in [0.1, 0.15) is 15.9 Å². The Hall–Kier alpha value is -2.63. The number of rotatable bonds is 4. The summed E-state index contributed by atoms with van der Waals surface area (Å²) >= 11 is 6.48. The van der Waals surface area contributed by atoms with Crippen molar-refractivity contribution in [3.05, 3.63) is 62.0 Å². The lowest BCUT2D eigenvalue weighted by Crippen LogP contribution is -2.13. The molecule has 0 aliphatic rings. The number of hydrogen-bond donors (Lipinski definition) is 2. The second-order valence-electron chi connectivity index (χ2n) is 5.02. The van der Waals surface area contributed by atoms with Gasteiger partial charge in [-0.1, -0.05) is 15.9 Å². The Labute approximate surface area is 166 Å². The maximum absolute atomic E-state index is 12.3. The van der Waals surface area contributed by atoms with Crippen LogP contribution in [0.3, 0.4) is 0 Å². The van der Waals surface area contributed by atoms with Crippen LogP contribution < -0.4 is 5.32 Å². The second-order valence-corrected chi connectivity index (χ2v) is 6.79. The van der Waals surface area contributed by atoms with E-state index >= 15 is 0 Å². The molecule has 0 saturated heterocycles. The second kappa shape index (κ2) is 8.65. The Morgan fingerprint density at radius 1 is 1.23 bits per heavy atom. The minimum Gasteiger partial charge on any atom is -0.506 e. The van der Waals surface area contributed by atoms with E-state index in [0.29, 0.717) is 25.8 Å². The molecule has 0 aliphatic carbocycles. The van der Waals surface area contributed by atoms with Crippen LogP contribution in [0.5, 0.6) is 5.75 Å². The minimum atomic E-state index is -0.645. The minimum absolute atomic E-state index is 0.0869. The van der Waals surface area contributed by atoms with Crippen LogP contribution in [0.2, 0.25) is 0 Å². The van der Waals surface area contributed by atoms with Crippen LogP contribution in [0, 0.1) is 11.3 Å². The quantitative estimate of drug-likeness (QED) is 0.388. The molecule has 0 bridgehead atoms. The van der Waals surface area contributed by atoms with Crippen LogP contribution in [-0.4, -0.2) is 24.1 Å². The third-order valence-corrected chi connectivity index (χ3v) is 4.35. The third-order valence-electron chi connectivity index (χ3n) is 3.29. The van der Waals surface area contributed by atoms with Crippen molar-refractivity contribution in [1.29, 1.82) is 5.26 Å². The first-order valence-corrected chi connectivity index (χ1v) is 8.74. The zero-order chi connectivity index (χ0) is 19.3. The van der Waals surface area contributed by atoms with Crippen molar-refractivity contribution in [2.75, 3.05) is 12.4 Å². The standard InChI is InChI=1S/C18H12Br2N2O4/c1-26-18(25)10-2-4-14(5-3-10)22-17(24)12(9-21)6-11-7-13(19)8-15(20)16(11)23/h2-8,23H,1H3,(H,22,24)/b12-6+. The molecular weight excluding hydrogens is 468 g/mol. The molecule has 2 N–H and O–H groups in total. The van der Waals surface area contributed by atoms with Crippen molar-refractivity contribution in [1.82, 2.24) is 0 Å². The van der Waals surface area contributed by atoms with Crippen molar-refractivity contribution >= 4 is 55.5 Å². The van der Waals surface area contributed by atoms with Gasteiger partial charge in [0, 0.05) is 15.7 Å². The first kappa shape index (κ1) is 19.7. The molecule has 8 heteroatoms. The Morgan fingerprint density at radius 2 is 1.88 bits per heavy atom. The number of nitrogens with one attached hydrogen (secondary N) is 1. The van der Waals surface area contributed by atoms with Gasteiger partial charge in [-0.15, -0.1) is 0 Å². The fraction of sp³-hybridized carbons (Fsp3) is 0.0556. The molecule has 0 radical (unpaired) electrons. The molecule has 0 aliphatic heterocycles. The Bertz CT molecular complexity index is 931. The van der Waals surface area contributed by atoms with Gasteiger partial charge in [0.2, 0.25) is 0 Å². The summed E-state index contributed by atoms with van der Waals surface area (Å²) in [6.07, 6.45) is 1.28. The summed E-state index contributed by atoms with van der Waals surface area (Å²) in [5, 5.41) is 21.9. The van der Waals surface area contributed by atoms with E-state index in [2.05, 4.69) is 41.9 Å². The highest BCUT2D eigenvalue weighted by Gasteiger charge is 2.13. The highest BCUT2D eigenvalue weighted by atomic mass is 79.9. The number of amides is 1. The molecule has 0 fully saturated rings. The van der Waals surface area contributed by atoms with Gasteiger partial charge in [0.05, 0.1) is 17.1 Å². The number of ether oxygens (including phenoxy) is 1. The lowest BCUT2D eigenvalue weighted by molar-refractivity contribution is -0.112. The molecule has 6 nitrogen and oxygen atoms in total. The normalized spacial score (nSPS) is 10.8. The van der Waals surface area contributed by atoms with Crippen LogP contribution >= 0.6 is 31.9 Å². The number of anilines is 1. The number of carbonyl (C=O) groups excluding carboxylic acids is 2. The van der Waals surface area contributed by atoms with Gasteiger partial charge in [-0.25, -0.2) is 4.79 Å². The molecule has 132 valence electrons. The fourth-order valence-corrected chi connectivity index (χ4v) is 3.26. The third kappa shape index (κ3) is 4.71. The number of nitriles is 1. The van der Waals surface area contributed by atoms with Gasteiger partial charge in [-0.05, 0) is 58.4 Å². The van der Waals surface area contributed by atoms with Gasteiger partial charge in [-0.3, -0.25) is 4.79 Å². The summed E-state index contributed by atoms with van der Waals surface area (Å²) in [4.78, 5) is 23.7. The van der Waals surface area contributed by atoms with Gasteiger partial charge >= 0.3 is 5.97 Å². The molecule has 0 saturated carbocycles. The monoisotopic (exact) mass is 478 g/mol. The Morgan fingerprint density at radius 3 is 2.46 bits per heavy atom. The summed E-state index contributed by atoms with van der Waals surface area (Å²) in [6, 6.07) is 11.1. The molecule has 2 aromatic rings. The molecule has 2 aromatic carbocycles. The van der Waals surface area contributed by atoms with Crippen LogP contribution in [-0.2, 0) is 9.53 Å². The van der Waals surface area contributed by atoms with Crippen LogP contribution in [0.25, 0.3) is 6.08 Å². The number of aromatic hydroxyl groups is 1. The highest BCUT2D eigenvalue weighted by Crippen LogP contribution is 2.33. The molecule has 0 heterocycles. The number of methoxy groups -OCH3 is 1. The first-order valence-electron chi connectivity index (χ1n) is 7.15. The smallest absolute Gasteiger partial charge is 0.337 e. The molecule has 0 unspecified atom stereocenters. The lowest BCUT2D eigenvalue weighted by Gasteiger charge is -2.07. The molecule has 2 rings (SSSR count). The number of phenols is 1. The predicted molar refractivity (Wildman–Crippen MR) is 104 cm³/mol. The molecule has 0 spiro atoms. The average molecular weight is 480 g/mol. The number of esters is 1. The van der Waals surface area contributed by atoms with E-state index in [4.69, 9.17) is 0 Å². The van der Waals surface area contributed by atoms with E-state index in [1.807, 2.05) is 6.07 Å². The van der Waals surface area contributed by atoms with Gasteiger partial charge in [0.15, 0.2) is 0 Å². The van der Waals surface area contributed by atoms with E-state index < -0.39 is 11.9 Å². The molecule has 26 heavy (non-hydrogen) atoms. The molecular formula is C18H12Br2N2O4. The summed E-state index contributed by atoms with van der Waals surface area (Å²) in [6.45, 7) is 0. The maximum Gasteiger partial charge on any atom is 0.337 e. The van der Waals surface area contributed by atoms with Gasteiger partial charge in [0.25, 0.3) is 5.91 Å². The number of hydrogen-bond acceptors (Lipinski definition) is 5. The van der Waals surface area contributed by atoms with E-state index in [-0.39, 0.29) is 11.3 Å². The van der Waals surface area contributed by atoms with Crippen molar-refractivity contribution in [2.24, 2.45) is 0 Å². The average Bonchev–Trinajstić information content (AvgIpc) is 2.63. The largest absolute Gasteiger partial charge is 0.506 e. The molecule has 1 amide bonds. The predicted octanol–water partition coefficient (Wildman–Crippen LogP) is 4.25. The van der Waals surface area contributed by atoms with Crippen molar-refractivity contribution in [2.45, 2.75) is 0 Å². The Balaban J connectivity index is 2.24. The Kier molecular flexibility index (Phi) is 6.55. The van der Waals surface area contributed by atoms with E-state index in [0.717, 1.165) is 0 Å². The number of carbonyl (C=O) groups is 2. The lowest BCUT2D eigenvalue weighted by atomic mass is 10.1. The number of nitrogens with zero attached hydrogens (tertiary/aromatic N) is 1. The summed E-state index contributed by atoms with van der Waals surface area (Å²) in [7, 11) is 1.28. The topological polar surface area (TPSA) is 99.4 Å². The van der Waals surface area contributed by atoms with Gasteiger partial charge in [-0.2, -0.15) is 5.26 Å². The number of halogens is 2. The molecule has 0 atom stereocenters. The SMILES string of the molecule is COC(=O)c1ccc(NC(=O)/C(C#N)=C/c2cc(Br)cc(Br)c2O)cc1. The summed E-state index contributed by atoms with van der Waals surface area (Å²) in [5.74, 6) is -1.22. The van der Waals surface area contributed by atoms with Crippen molar-refractivity contribution in [3.63, 3.8) is 0 Å². The van der Waals surface area contributed by atoms with Crippen LogP contribution in [0.15, 0.2) is 50.9 Å².